The number of carbonyl (C=O) groups is 2. The molecule has 1 aromatic heterocycles. The van der Waals surface area contributed by atoms with Crippen LogP contribution < -0.4 is 10.2 Å². The maximum Gasteiger partial charge on any atom is 0.240 e. The third-order valence-electron chi connectivity index (χ3n) is 6.94. The first-order chi connectivity index (χ1) is 18.4. The van der Waals surface area contributed by atoms with Crippen LogP contribution in [0.3, 0.4) is 0 Å². The van der Waals surface area contributed by atoms with Crippen molar-refractivity contribution in [2.45, 2.75) is 45.3 Å². The maximum atomic E-state index is 14.4. The highest BCUT2D eigenvalue weighted by atomic mass is 32.2. The summed E-state index contributed by atoms with van der Waals surface area (Å²) in [5, 5.41) is 7.73. The van der Waals surface area contributed by atoms with E-state index in [4.69, 9.17) is 5.10 Å². The van der Waals surface area contributed by atoms with Gasteiger partial charge in [-0.15, -0.1) is 11.8 Å². The van der Waals surface area contributed by atoms with E-state index in [2.05, 4.69) is 26.1 Å². The largest absolute Gasteiger partial charge is 0.353 e. The van der Waals surface area contributed by atoms with Gasteiger partial charge in [0.25, 0.3) is 0 Å². The maximum absolute atomic E-state index is 14.4. The van der Waals surface area contributed by atoms with Gasteiger partial charge in [0.15, 0.2) is 0 Å². The standard InChI is InChI=1S/C30H38FN5O2S/c1-19-10-8-13-23(20(19)2)36-29-26(28(33-36)30(3,4)5)27(21-11-9-12-22(31)16-21)39-18-25(38)35(29)17-24(37)32-14-15-34(6)7/h8-13,16,27H,14-15,17-18H2,1-7H3,(H,32,37). The van der Waals surface area contributed by atoms with Gasteiger partial charge in [0.1, 0.15) is 18.2 Å². The molecule has 0 saturated heterocycles. The zero-order valence-corrected chi connectivity index (χ0v) is 24.7. The summed E-state index contributed by atoms with van der Waals surface area (Å²) in [5.41, 5.74) is 5.00. The van der Waals surface area contributed by atoms with Gasteiger partial charge in [-0.2, -0.15) is 5.10 Å². The second kappa shape index (κ2) is 11.5. The molecule has 0 fully saturated rings. The second-order valence-electron chi connectivity index (χ2n) is 11.3. The fourth-order valence-electron chi connectivity index (χ4n) is 4.76. The Hall–Kier alpha value is -3.17. The topological polar surface area (TPSA) is 70.5 Å². The van der Waals surface area contributed by atoms with E-state index in [1.165, 1.54) is 23.9 Å². The molecular formula is C30H38FN5O2S. The lowest BCUT2D eigenvalue weighted by Crippen LogP contribution is -2.43. The molecule has 3 aromatic rings. The molecular weight excluding hydrogens is 513 g/mol. The van der Waals surface area contributed by atoms with E-state index in [1.54, 1.807) is 11.0 Å². The lowest BCUT2D eigenvalue weighted by Gasteiger charge is -2.25. The Kier molecular flexibility index (Phi) is 8.51. The van der Waals surface area contributed by atoms with Crippen molar-refractivity contribution in [3.63, 3.8) is 0 Å². The molecule has 1 unspecified atom stereocenters. The van der Waals surface area contributed by atoms with E-state index in [-0.39, 0.29) is 40.6 Å². The average molecular weight is 552 g/mol. The number of likely N-dealkylation sites (N-methyl/N-ethyl adjacent to an activating group) is 1. The van der Waals surface area contributed by atoms with E-state index in [0.717, 1.165) is 33.6 Å². The van der Waals surface area contributed by atoms with Crippen molar-refractivity contribution >= 4 is 29.4 Å². The minimum Gasteiger partial charge on any atom is -0.353 e. The number of anilines is 1. The van der Waals surface area contributed by atoms with E-state index in [1.807, 2.05) is 61.8 Å². The van der Waals surface area contributed by atoms with Gasteiger partial charge in [-0.05, 0) is 62.8 Å². The molecule has 2 heterocycles. The normalized spacial score (nSPS) is 15.9. The monoisotopic (exact) mass is 551 g/mol. The van der Waals surface area contributed by atoms with Crippen molar-refractivity contribution < 1.29 is 14.0 Å². The van der Waals surface area contributed by atoms with Crippen LogP contribution in [0.15, 0.2) is 42.5 Å². The minimum absolute atomic E-state index is 0.129. The summed E-state index contributed by atoms with van der Waals surface area (Å²) < 4.78 is 16.3. The molecule has 1 atom stereocenters. The molecule has 0 saturated carbocycles. The van der Waals surface area contributed by atoms with Gasteiger partial charge in [-0.1, -0.05) is 45.0 Å². The molecule has 0 radical (unpaired) electrons. The molecule has 9 heteroatoms. The van der Waals surface area contributed by atoms with Crippen LogP contribution in [0.2, 0.25) is 0 Å². The number of amides is 2. The fourth-order valence-corrected chi connectivity index (χ4v) is 5.95. The third-order valence-corrected chi connectivity index (χ3v) is 8.19. The fraction of sp³-hybridized carbons (Fsp3) is 0.433. The quantitative estimate of drug-likeness (QED) is 0.458. The first-order valence-electron chi connectivity index (χ1n) is 13.2. The predicted molar refractivity (Wildman–Crippen MR) is 156 cm³/mol. The Labute approximate surface area is 234 Å². The first-order valence-corrected chi connectivity index (χ1v) is 14.2. The summed E-state index contributed by atoms with van der Waals surface area (Å²) in [7, 11) is 3.88. The van der Waals surface area contributed by atoms with Gasteiger partial charge >= 0.3 is 0 Å². The van der Waals surface area contributed by atoms with Gasteiger partial charge in [0.2, 0.25) is 11.8 Å². The summed E-state index contributed by atoms with van der Waals surface area (Å²) in [6, 6.07) is 12.5. The van der Waals surface area contributed by atoms with E-state index in [0.29, 0.717) is 18.9 Å². The molecule has 0 aliphatic carbocycles. The van der Waals surface area contributed by atoms with Gasteiger partial charge < -0.3 is 10.2 Å². The van der Waals surface area contributed by atoms with Gasteiger partial charge in [0.05, 0.1) is 22.4 Å². The van der Waals surface area contributed by atoms with Crippen LogP contribution in [-0.2, 0) is 15.0 Å². The number of aromatic nitrogens is 2. The van der Waals surface area contributed by atoms with Crippen molar-refractivity contribution in [2.75, 3.05) is 44.4 Å². The van der Waals surface area contributed by atoms with Crippen molar-refractivity contribution in [3.05, 3.63) is 76.2 Å². The van der Waals surface area contributed by atoms with Crippen LogP contribution in [0.1, 0.15) is 54.0 Å². The molecule has 0 bridgehead atoms. The number of thioether (sulfide) groups is 1. The zero-order valence-electron chi connectivity index (χ0n) is 23.8. The number of hydrogen-bond donors (Lipinski definition) is 1. The lowest BCUT2D eigenvalue weighted by atomic mass is 9.87. The zero-order chi connectivity index (χ0) is 28.5. The number of benzene rings is 2. The summed E-state index contributed by atoms with van der Waals surface area (Å²) in [5.74, 6) is -0.0366. The molecule has 2 amide bonds. The van der Waals surface area contributed by atoms with Crippen molar-refractivity contribution in [3.8, 4) is 5.69 Å². The highest BCUT2D eigenvalue weighted by Gasteiger charge is 2.40. The smallest absolute Gasteiger partial charge is 0.240 e. The Morgan fingerprint density at radius 2 is 1.90 bits per heavy atom. The van der Waals surface area contributed by atoms with Gasteiger partial charge in [-0.3, -0.25) is 14.5 Å². The van der Waals surface area contributed by atoms with E-state index < -0.39 is 0 Å². The number of fused-ring (bicyclic) bond motifs is 1. The minimum atomic E-state index is -0.383. The third kappa shape index (κ3) is 6.20. The highest BCUT2D eigenvalue weighted by molar-refractivity contribution is 8.00. The molecule has 39 heavy (non-hydrogen) atoms. The SMILES string of the molecule is Cc1cccc(-n2nc(C(C)(C)C)c3c2N(CC(=O)NCCN(C)C)C(=O)CSC3c2cccc(F)c2)c1C. The number of halogens is 1. The van der Waals surface area contributed by atoms with Crippen LogP contribution in [0.5, 0.6) is 0 Å². The Bertz CT molecular complexity index is 1380. The van der Waals surface area contributed by atoms with E-state index >= 15 is 0 Å². The summed E-state index contributed by atoms with van der Waals surface area (Å²) in [4.78, 5) is 30.4. The molecule has 7 nitrogen and oxygen atoms in total. The van der Waals surface area contributed by atoms with Crippen LogP contribution in [0, 0.1) is 19.7 Å². The van der Waals surface area contributed by atoms with Crippen LogP contribution in [0.4, 0.5) is 10.2 Å². The Morgan fingerprint density at radius 3 is 2.56 bits per heavy atom. The van der Waals surface area contributed by atoms with Crippen LogP contribution in [-0.4, -0.2) is 66.0 Å². The number of carbonyl (C=O) groups excluding carboxylic acids is 2. The Balaban J connectivity index is 1.96. The Morgan fingerprint density at radius 1 is 1.18 bits per heavy atom. The van der Waals surface area contributed by atoms with Crippen molar-refractivity contribution in [1.29, 1.82) is 0 Å². The first kappa shape index (κ1) is 28.8. The average Bonchev–Trinajstić information content (AvgIpc) is 3.18. The van der Waals surface area contributed by atoms with Crippen molar-refractivity contribution in [2.24, 2.45) is 0 Å². The number of aryl methyl sites for hydroxylation is 1. The molecule has 1 N–H and O–H groups in total. The summed E-state index contributed by atoms with van der Waals surface area (Å²) >= 11 is 1.45. The highest BCUT2D eigenvalue weighted by Crippen LogP contribution is 2.48. The predicted octanol–water partition coefficient (Wildman–Crippen LogP) is 4.77. The number of rotatable bonds is 7. The van der Waals surface area contributed by atoms with E-state index in [9.17, 15) is 14.0 Å². The molecule has 2 aromatic carbocycles. The number of nitrogens with one attached hydrogen (secondary N) is 1. The number of nitrogens with zero attached hydrogens (tertiary/aromatic N) is 4. The second-order valence-corrected chi connectivity index (χ2v) is 12.4. The molecule has 0 spiro atoms. The van der Waals surface area contributed by atoms with Crippen LogP contribution >= 0.6 is 11.8 Å². The van der Waals surface area contributed by atoms with Gasteiger partial charge in [0, 0.05) is 24.1 Å². The molecule has 208 valence electrons. The summed E-state index contributed by atoms with van der Waals surface area (Å²) in [6.45, 7) is 11.4. The molecule has 1 aliphatic rings. The van der Waals surface area contributed by atoms with Crippen molar-refractivity contribution in [1.82, 2.24) is 20.0 Å². The molecule has 1 aliphatic heterocycles. The molecule has 4 rings (SSSR count). The number of hydrogen-bond acceptors (Lipinski definition) is 5. The van der Waals surface area contributed by atoms with Crippen LogP contribution in [0.25, 0.3) is 5.69 Å². The lowest BCUT2D eigenvalue weighted by molar-refractivity contribution is -0.122. The van der Waals surface area contributed by atoms with Gasteiger partial charge in [-0.25, -0.2) is 9.07 Å². The summed E-state index contributed by atoms with van der Waals surface area (Å²) in [6.07, 6.45) is 0.